The SMILES string of the molecule is Cl.Cl.O=C1C=CC2=NC=NC(=O)C2C1. The highest BCUT2D eigenvalue weighted by Crippen LogP contribution is 2.17. The highest BCUT2D eigenvalue weighted by Gasteiger charge is 2.29. The predicted molar refractivity (Wildman–Crippen MR) is 57.7 cm³/mol. The van der Waals surface area contributed by atoms with Crippen molar-refractivity contribution >= 4 is 48.6 Å². The summed E-state index contributed by atoms with van der Waals surface area (Å²) >= 11 is 0. The summed E-state index contributed by atoms with van der Waals surface area (Å²) < 4.78 is 0. The Balaban J connectivity index is 0.000000845. The summed E-state index contributed by atoms with van der Waals surface area (Å²) in [6, 6.07) is 0. The molecule has 0 bridgehead atoms. The van der Waals surface area contributed by atoms with E-state index in [0.29, 0.717) is 5.71 Å². The molecular weight excluding hydrogens is 227 g/mol. The van der Waals surface area contributed by atoms with Gasteiger partial charge in [0.2, 0.25) is 0 Å². The third-order valence-corrected chi connectivity index (χ3v) is 1.89. The number of carbonyl (C=O) groups is 2. The minimum atomic E-state index is -0.424. The Morgan fingerprint density at radius 2 is 1.93 bits per heavy atom. The van der Waals surface area contributed by atoms with Gasteiger partial charge in [0.05, 0.1) is 11.6 Å². The molecule has 0 aromatic heterocycles. The van der Waals surface area contributed by atoms with Crippen molar-refractivity contribution in [3.05, 3.63) is 12.2 Å². The van der Waals surface area contributed by atoms with Crippen molar-refractivity contribution in [3.8, 4) is 0 Å². The average molecular weight is 235 g/mol. The van der Waals surface area contributed by atoms with E-state index in [1.165, 1.54) is 12.4 Å². The van der Waals surface area contributed by atoms with E-state index >= 15 is 0 Å². The largest absolute Gasteiger partial charge is 0.295 e. The molecule has 0 fully saturated rings. The zero-order valence-corrected chi connectivity index (χ0v) is 8.68. The monoisotopic (exact) mass is 234 g/mol. The average Bonchev–Trinajstić information content (AvgIpc) is 2.07. The van der Waals surface area contributed by atoms with Crippen LogP contribution in [0.1, 0.15) is 6.42 Å². The molecule has 1 aliphatic carbocycles. The Hall–Kier alpha value is -1.00. The van der Waals surface area contributed by atoms with Crippen molar-refractivity contribution in [2.75, 3.05) is 0 Å². The summed E-state index contributed by atoms with van der Waals surface area (Å²) in [7, 11) is 0. The molecule has 1 heterocycles. The molecule has 2 rings (SSSR count). The van der Waals surface area contributed by atoms with Crippen LogP contribution in [0.25, 0.3) is 0 Å². The molecule has 4 nitrogen and oxygen atoms in total. The third-order valence-electron chi connectivity index (χ3n) is 1.89. The van der Waals surface area contributed by atoms with Crippen molar-refractivity contribution in [1.29, 1.82) is 0 Å². The zero-order chi connectivity index (χ0) is 8.55. The van der Waals surface area contributed by atoms with Gasteiger partial charge in [0.25, 0.3) is 5.91 Å². The summed E-state index contributed by atoms with van der Waals surface area (Å²) in [4.78, 5) is 29.4. The minimum absolute atomic E-state index is 0. The number of hydrogen-bond acceptors (Lipinski definition) is 3. The van der Waals surface area contributed by atoms with Gasteiger partial charge in [-0.15, -0.1) is 24.8 Å². The molecule has 1 unspecified atom stereocenters. The number of aliphatic imine (C=N–C) groups is 2. The number of carbonyl (C=O) groups excluding carboxylic acids is 2. The molecule has 0 aromatic rings. The summed E-state index contributed by atoms with van der Waals surface area (Å²) in [6.45, 7) is 0. The van der Waals surface area contributed by atoms with Gasteiger partial charge in [-0.2, -0.15) is 0 Å². The number of amides is 1. The minimum Gasteiger partial charge on any atom is -0.295 e. The molecule has 0 radical (unpaired) electrons. The maximum Gasteiger partial charge on any atom is 0.256 e. The van der Waals surface area contributed by atoms with Crippen LogP contribution in [-0.4, -0.2) is 23.7 Å². The van der Waals surface area contributed by atoms with E-state index < -0.39 is 5.92 Å². The molecule has 0 spiro atoms. The summed E-state index contributed by atoms with van der Waals surface area (Å²) in [5.74, 6) is -0.727. The third kappa shape index (κ3) is 2.27. The second kappa shape index (κ2) is 5.02. The van der Waals surface area contributed by atoms with Gasteiger partial charge in [0.1, 0.15) is 6.34 Å². The number of allylic oxidation sites excluding steroid dienone is 2. The standard InChI is InChI=1S/C8H6N2O2.2ClH/c11-5-1-2-7-6(3-5)8(12)10-4-9-7;;/h1-2,4,6H,3H2;2*1H. The summed E-state index contributed by atoms with van der Waals surface area (Å²) in [5.41, 5.74) is 0.648. The molecule has 14 heavy (non-hydrogen) atoms. The molecule has 1 atom stereocenters. The second-order valence-electron chi connectivity index (χ2n) is 2.69. The molecule has 1 amide bonds. The highest BCUT2D eigenvalue weighted by atomic mass is 35.5. The van der Waals surface area contributed by atoms with E-state index in [2.05, 4.69) is 9.98 Å². The summed E-state index contributed by atoms with van der Waals surface area (Å²) in [6.07, 6.45) is 4.47. The number of hydrogen-bond donors (Lipinski definition) is 0. The van der Waals surface area contributed by atoms with E-state index in [0.717, 1.165) is 0 Å². The van der Waals surface area contributed by atoms with Crippen LogP contribution in [0, 0.1) is 5.92 Å². The first kappa shape index (κ1) is 13.0. The highest BCUT2D eigenvalue weighted by molar-refractivity contribution is 6.21. The van der Waals surface area contributed by atoms with Gasteiger partial charge in [-0.3, -0.25) is 9.59 Å². The van der Waals surface area contributed by atoms with E-state index in [-0.39, 0.29) is 42.9 Å². The molecule has 6 heteroatoms. The number of fused-ring (bicyclic) bond motifs is 1. The maximum atomic E-state index is 11.1. The molecule has 0 saturated heterocycles. The van der Waals surface area contributed by atoms with E-state index in [9.17, 15) is 9.59 Å². The number of halogens is 2. The van der Waals surface area contributed by atoms with Gasteiger partial charge in [0.15, 0.2) is 5.78 Å². The second-order valence-corrected chi connectivity index (χ2v) is 2.69. The lowest BCUT2D eigenvalue weighted by atomic mass is 9.90. The molecule has 0 N–H and O–H groups in total. The Labute approximate surface area is 93.0 Å². The lowest BCUT2D eigenvalue weighted by Crippen LogP contribution is -2.29. The fourth-order valence-electron chi connectivity index (χ4n) is 1.26. The Morgan fingerprint density at radius 3 is 2.64 bits per heavy atom. The zero-order valence-electron chi connectivity index (χ0n) is 7.04. The Kier molecular flexibility index (Phi) is 4.67. The van der Waals surface area contributed by atoms with Crippen LogP contribution in [0.15, 0.2) is 22.1 Å². The lowest BCUT2D eigenvalue weighted by Gasteiger charge is -2.17. The van der Waals surface area contributed by atoms with E-state index in [4.69, 9.17) is 0 Å². The normalized spacial score (nSPS) is 23.1. The maximum absolute atomic E-state index is 11.1. The van der Waals surface area contributed by atoms with Crippen LogP contribution >= 0.6 is 24.8 Å². The molecule has 0 aromatic carbocycles. The van der Waals surface area contributed by atoms with E-state index in [1.807, 2.05) is 0 Å². The smallest absolute Gasteiger partial charge is 0.256 e. The first-order valence-corrected chi connectivity index (χ1v) is 3.62. The number of rotatable bonds is 0. The van der Waals surface area contributed by atoms with Gasteiger partial charge < -0.3 is 0 Å². The molecule has 2 aliphatic rings. The topological polar surface area (TPSA) is 58.9 Å². The summed E-state index contributed by atoms with van der Waals surface area (Å²) in [5, 5.41) is 0. The van der Waals surface area contributed by atoms with Gasteiger partial charge in [-0.05, 0) is 12.2 Å². The van der Waals surface area contributed by atoms with Crippen molar-refractivity contribution in [3.63, 3.8) is 0 Å². The van der Waals surface area contributed by atoms with Crippen LogP contribution in [0.2, 0.25) is 0 Å². The molecule has 1 aliphatic heterocycles. The lowest BCUT2D eigenvalue weighted by molar-refractivity contribution is -0.123. The fraction of sp³-hybridized carbons (Fsp3) is 0.250. The Bertz CT molecular complexity index is 347. The van der Waals surface area contributed by atoms with Crippen molar-refractivity contribution in [2.24, 2.45) is 15.9 Å². The number of ketones is 1. The van der Waals surface area contributed by atoms with Crippen molar-refractivity contribution < 1.29 is 9.59 Å². The molecule has 76 valence electrons. The van der Waals surface area contributed by atoms with E-state index in [1.54, 1.807) is 6.08 Å². The van der Waals surface area contributed by atoms with Crippen LogP contribution < -0.4 is 0 Å². The van der Waals surface area contributed by atoms with Gasteiger partial charge >= 0.3 is 0 Å². The van der Waals surface area contributed by atoms with Crippen molar-refractivity contribution in [2.45, 2.75) is 6.42 Å². The van der Waals surface area contributed by atoms with Gasteiger partial charge in [0, 0.05) is 6.42 Å². The first-order chi connectivity index (χ1) is 5.77. The quantitative estimate of drug-likeness (QED) is 0.628. The van der Waals surface area contributed by atoms with Gasteiger partial charge in [-0.1, -0.05) is 0 Å². The van der Waals surface area contributed by atoms with Gasteiger partial charge in [-0.25, -0.2) is 9.98 Å². The van der Waals surface area contributed by atoms with Crippen LogP contribution in [-0.2, 0) is 9.59 Å². The Morgan fingerprint density at radius 1 is 1.21 bits per heavy atom. The van der Waals surface area contributed by atoms with Crippen molar-refractivity contribution in [1.82, 2.24) is 0 Å². The van der Waals surface area contributed by atoms with Crippen LogP contribution in [0.4, 0.5) is 0 Å². The van der Waals surface area contributed by atoms with Crippen LogP contribution in [0.3, 0.4) is 0 Å². The fourth-order valence-corrected chi connectivity index (χ4v) is 1.26. The molecular formula is C8H8Cl2N2O2. The first-order valence-electron chi connectivity index (χ1n) is 3.62. The predicted octanol–water partition coefficient (Wildman–Crippen LogP) is 0.985. The van der Waals surface area contributed by atoms with Crippen LogP contribution in [0.5, 0.6) is 0 Å². The number of nitrogens with zero attached hydrogens (tertiary/aromatic N) is 2. The molecule has 0 saturated carbocycles.